The summed E-state index contributed by atoms with van der Waals surface area (Å²) in [6, 6.07) is 5.65. The third kappa shape index (κ3) is 3.40. The number of nitrogens with zero attached hydrogens (tertiary/aromatic N) is 6. The first-order valence-electron chi connectivity index (χ1n) is 8.98. The van der Waals surface area contributed by atoms with Gasteiger partial charge in [0.2, 0.25) is 0 Å². The molecular formula is C19H20N6O2S. The fourth-order valence-corrected chi connectivity index (χ4v) is 3.98. The van der Waals surface area contributed by atoms with Crippen molar-refractivity contribution >= 4 is 23.2 Å². The molecule has 0 spiro atoms. The first-order valence-corrected chi connectivity index (χ1v) is 9.93. The number of hydrogen-bond acceptors (Lipinski definition) is 6. The molecule has 3 aromatic rings. The molecule has 0 bridgehead atoms. The molecule has 9 heteroatoms. The van der Waals surface area contributed by atoms with Gasteiger partial charge in [-0.25, -0.2) is 4.98 Å². The summed E-state index contributed by atoms with van der Waals surface area (Å²) in [6.45, 7) is 5.36. The van der Waals surface area contributed by atoms with E-state index in [0.717, 1.165) is 11.3 Å². The zero-order valence-electron chi connectivity index (χ0n) is 15.6. The van der Waals surface area contributed by atoms with Gasteiger partial charge in [-0.15, -0.1) is 21.5 Å². The third-order valence-corrected chi connectivity index (χ3v) is 5.49. The second kappa shape index (κ2) is 7.51. The van der Waals surface area contributed by atoms with Gasteiger partial charge in [0.1, 0.15) is 18.3 Å². The van der Waals surface area contributed by atoms with Crippen molar-refractivity contribution in [3.8, 4) is 5.69 Å². The second-order valence-corrected chi connectivity index (χ2v) is 7.58. The molecule has 144 valence electrons. The van der Waals surface area contributed by atoms with E-state index in [4.69, 9.17) is 0 Å². The van der Waals surface area contributed by atoms with Crippen LogP contribution in [0.25, 0.3) is 5.69 Å². The number of aryl methyl sites for hydroxylation is 1. The fraction of sp³-hybridized carbons (Fsp3) is 0.316. The van der Waals surface area contributed by atoms with Crippen LogP contribution in [0.4, 0.5) is 0 Å². The lowest BCUT2D eigenvalue weighted by molar-refractivity contribution is 0.0411. The third-order valence-electron chi connectivity index (χ3n) is 4.91. The second-order valence-electron chi connectivity index (χ2n) is 6.86. The van der Waals surface area contributed by atoms with Gasteiger partial charge in [-0.1, -0.05) is 11.6 Å². The standard InChI is InChI=1S/C19H20N6O2S/c1-13-3-4-17(24-10-21-22-11-24)15(7-13)18(26)23-5-6-25(14(2)8-23)19(27)16-9-28-12-20-16/h3-4,7,9-12,14H,5-6,8H2,1-2H3/t14-/m0/s1. The number of thiazole rings is 1. The Hall–Kier alpha value is -3.07. The van der Waals surface area contributed by atoms with Crippen LogP contribution in [0.1, 0.15) is 33.3 Å². The van der Waals surface area contributed by atoms with Gasteiger partial charge in [0.15, 0.2) is 0 Å². The van der Waals surface area contributed by atoms with Gasteiger partial charge in [0.05, 0.1) is 16.8 Å². The SMILES string of the molecule is Cc1ccc(-n2cnnc2)c(C(=O)N2CCN(C(=O)c3cscn3)[C@@H](C)C2)c1. The van der Waals surface area contributed by atoms with E-state index >= 15 is 0 Å². The van der Waals surface area contributed by atoms with Crippen molar-refractivity contribution in [1.82, 2.24) is 29.5 Å². The minimum atomic E-state index is -0.0879. The van der Waals surface area contributed by atoms with Crippen molar-refractivity contribution in [1.29, 1.82) is 0 Å². The molecule has 8 nitrogen and oxygen atoms in total. The van der Waals surface area contributed by atoms with Crippen molar-refractivity contribution in [3.63, 3.8) is 0 Å². The van der Waals surface area contributed by atoms with E-state index in [1.807, 2.05) is 32.0 Å². The number of carbonyl (C=O) groups excluding carboxylic acids is 2. The molecule has 1 fully saturated rings. The summed E-state index contributed by atoms with van der Waals surface area (Å²) in [5, 5.41) is 9.43. The van der Waals surface area contributed by atoms with Crippen molar-refractivity contribution in [2.24, 2.45) is 0 Å². The van der Waals surface area contributed by atoms with Crippen LogP contribution in [0.2, 0.25) is 0 Å². The Bertz CT molecular complexity index is 986. The first-order chi connectivity index (χ1) is 13.5. The lowest BCUT2D eigenvalue weighted by Crippen LogP contribution is -2.55. The van der Waals surface area contributed by atoms with Crippen molar-refractivity contribution in [3.05, 3.63) is 58.6 Å². The van der Waals surface area contributed by atoms with E-state index in [-0.39, 0.29) is 17.9 Å². The molecule has 1 aliphatic rings. The van der Waals surface area contributed by atoms with Gasteiger partial charge in [-0.05, 0) is 26.0 Å². The number of aromatic nitrogens is 4. The van der Waals surface area contributed by atoms with Gasteiger partial charge in [-0.3, -0.25) is 14.2 Å². The van der Waals surface area contributed by atoms with E-state index < -0.39 is 0 Å². The Labute approximate surface area is 166 Å². The van der Waals surface area contributed by atoms with Crippen LogP contribution < -0.4 is 0 Å². The Morgan fingerprint density at radius 1 is 1.14 bits per heavy atom. The zero-order chi connectivity index (χ0) is 19.7. The van der Waals surface area contributed by atoms with Gasteiger partial charge >= 0.3 is 0 Å². The Balaban J connectivity index is 1.54. The molecule has 0 saturated carbocycles. The highest BCUT2D eigenvalue weighted by Gasteiger charge is 2.32. The maximum Gasteiger partial charge on any atom is 0.273 e. The van der Waals surface area contributed by atoms with Gasteiger partial charge in [-0.2, -0.15) is 0 Å². The van der Waals surface area contributed by atoms with Crippen LogP contribution in [-0.4, -0.2) is 67.0 Å². The lowest BCUT2D eigenvalue weighted by atomic mass is 10.1. The minimum absolute atomic E-state index is 0.0555. The van der Waals surface area contributed by atoms with Crippen LogP contribution in [-0.2, 0) is 0 Å². The Kier molecular flexibility index (Phi) is 4.91. The predicted molar refractivity (Wildman–Crippen MR) is 105 cm³/mol. The van der Waals surface area contributed by atoms with Gasteiger partial charge in [0.25, 0.3) is 11.8 Å². The highest BCUT2D eigenvalue weighted by atomic mass is 32.1. The van der Waals surface area contributed by atoms with Crippen LogP contribution >= 0.6 is 11.3 Å². The highest BCUT2D eigenvalue weighted by molar-refractivity contribution is 7.07. The Morgan fingerprint density at radius 2 is 1.93 bits per heavy atom. The normalized spacial score (nSPS) is 17.0. The van der Waals surface area contributed by atoms with E-state index in [2.05, 4.69) is 15.2 Å². The molecule has 1 aliphatic heterocycles. The van der Waals surface area contributed by atoms with E-state index in [0.29, 0.717) is 30.9 Å². The molecule has 1 atom stereocenters. The number of piperazine rings is 1. The summed E-state index contributed by atoms with van der Waals surface area (Å²) in [5.41, 5.74) is 4.47. The number of carbonyl (C=O) groups is 2. The van der Waals surface area contributed by atoms with Crippen molar-refractivity contribution in [2.45, 2.75) is 19.9 Å². The topological polar surface area (TPSA) is 84.2 Å². The molecule has 4 rings (SSSR count). The van der Waals surface area contributed by atoms with E-state index in [9.17, 15) is 9.59 Å². The van der Waals surface area contributed by atoms with E-state index in [1.165, 1.54) is 11.3 Å². The molecular weight excluding hydrogens is 376 g/mol. The molecule has 2 aromatic heterocycles. The summed E-state index contributed by atoms with van der Waals surface area (Å²) < 4.78 is 1.73. The summed E-state index contributed by atoms with van der Waals surface area (Å²) in [4.78, 5) is 33.6. The van der Waals surface area contributed by atoms with Gasteiger partial charge in [0, 0.05) is 31.1 Å². The number of amides is 2. The van der Waals surface area contributed by atoms with Crippen LogP contribution in [0.15, 0.2) is 41.7 Å². The zero-order valence-corrected chi connectivity index (χ0v) is 16.5. The van der Waals surface area contributed by atoms with E-state index in [1.54, 1.807) is 37.9 Å². The van der Waals surface area contributed by atoms with Crippen molar-refractivity contribution in [2.75, 3.05) is 19.6 Å². The molecule has 0 unspecified atom stereocenters. The average molecular weight is 396 g/mol. The maximum absolute atomic E-state index is 13.3. The van der Waals surface area contributed by atoms with Crippen LogP contribution in [0.5, 0.6) is 0 Å². The summed E-state index contributed by atoms with van der Waals surface area (Å²) in [6.07, 6.45) is 3.16. The largest absolute Gasteiger partial charge is 0.335 e. The number of rotatable bonds is 3. The summed E-state index contributed by atoms with van der Waals surface area (Å²) in [7, 11) is 0. The van der Waals surface area contributed by atoms with Crippen LogP contribution in [0.3, 0.4) is 0 Å². The molecule has 0 aliphatic carbocycles. The van der Waals surface area contributed by atoms with Gasteiger partial charge < -0.3 is 9.80 Å². The monoisotopic (exact) mass is 396 g/mol. The smallest absolute Gasteiger partial charge is 0.273 e. The molecule has 0 radical (unpaired) electrons. The number of hydrogen-bond donors (Lipinski definition) is 0. The number of benzene rings is 1. The highest BCUT2D eigenvalue weighted by Crippen LogP contribution is 2.21. The Morgan fingerprint density at radius 3 is 2.61 bits per heavy atom. The summed E-state index contributed by atoms with van der Waals surface area (Å²) in [5.74, 6) is -0.137. The summed E-state index contributed by atoms with van der Waals surface area (Å²) >= 11 is 1.40. The molecule has 1 aromatic carbocycles. The molecule has 2 amide bonds. The lowest BCUT2D eigenvalue weighted by Gasteiger charge is -2.39. The predicted octanol–water partition coefficient (Wildman–Crippen LogP) is 2.02. The first kappa shape index (κ1) is 18.3. The minimum Gasteiger partial charge on any atom is -0.335 e. The fourth-order valence-electron chi connectivity index (χ4n) is 3.45. The maximum atomic E-state index is 13.3. The molecule has 3 heterocycles. The quantitative estimate of drug-likeness (QED) is 0.676. The molecule has 1 saturated heterocycles. The average Bonchev–Trinajstić information content (AvgIpc) is 3.40. The van der Waals surface area contributed by atoms with Crippen LogP contribution in [0, 0.1) is 6.92 Å². The molecule has 28 heavy (non-hydrogen) atoms. The van der Waals surface area contributed by atoms with Crippen molar-refractivity contribution < 1.29 is 9.59 Å². The molecule has 0 N–H and O–H groups in total.